The highest BCUT2D eigenvalue weighted by Gasteiger charge is 2.36. The molecule has 0 radical (unpaired) electrons. The molecule has 4 rings (SSSR count). The molecule has 1 N–H and O–H groups in total. The summed E-state index contributed by atoms with van der Waals surface area (Å²) in [4.78, 5) is 12.4. The maximum atomic E-state index is 13.3. The summed E-state index contributed by atoms with van der Waals surface area (Å²) < 4.78 is 42.8. The number of hydrogen-bond acceptors (Lipinski definition) is 4. The van der Waals surface area contributed by atoms with E-state index in [0.717, 1.165) is 12.8 Å². The van der Waals surface area contributed by atoms with Crippen molar-refractivity contribution in [1.29, 1.82) is 0 Å². The van der Waals surface area contributed by atoms with E-state index < -0.39 is 10.0 Å². The minimum atomic E-state index is -3.73. The molecular formula is C20H25FN4O3S. The quantitative estimate of drug-likeness (QED) is 0.805. The Kier molecular flexibility index (Phi) is 5.20. The van der Waals surface area contributed by atoms with Crippen LogP contribution in [0.25, 0.3) is 5.69 Å². The summed E-state index contributed by atoms with van der Waals surface area (Å²) in [6.07, 6.45) is 3.11. The molecule has 2 aliphatic rings. The second-order valence-corrected chi connectivity index (χ2v) is 9.72. The van der Waals surface area contributed by atoms with Crippen LogP contribution in [0.15, 0.2) is 29.2 Å². The van der Waals surface area contributed by atoms with Crippen molar-refractivity contribution >= 4 is 15.9 Å². The lowest BCUT2D eigenvalue weighted by molar-refractivity contribution is -0.126. The van der Waals surface area contributed by atoms with Crippen molar-refractivity contribution in [3.63, 3.8) is 0 Å². The molecule has 9 heteroatoms. The zero-order valence-electron chi connectivity index (χ0n) is 16.6. The normalized spacial score (nSPS) is 18.7. The summed E-state index contributed by atoms with van der Waals surface area (Å²) in [5.41, 5.74) is 1.49. The van der Waals surface area contributed by atoms with Gasteiger partial charge in [0, 0.05) is 25.0 Å². The number of aryl methyl sites for hydroxylation is 1. The molecule has 2 heterocycles. The smallest absolute Gasteiger partial charge is 0.246 e. The number of nitrogens with zero attached hydrogens (tertiary/aromatic N) is 3. The number of aromatic nitrogens is 2. The molecule has 1 aromatic heterocycles. The molecule has 2 aromatic rings. The SMILES string of the molecule is Cc1nn(-c2ccc(F)cc2)c(C)c1S(=O)(=O)N1CCC(C(=O)NC2CC2)CC1. The third-order valence-corrected chi connectivity index (χ3v) is 7.79. The van der Waals surface area contributed by atoms with Crippen LogP contribution in [0.4, 0.5) is 4.39 Å². The molecule has 2 fully saturated rings. The lowest BCUT2D eigenvalue weighted by Gasteiger charge is -2.30. The average molecular weight is 421 g/mol. The number of amides is 1. The van der Waals surface area contributed by atoms with E-state index in [-0.39, 0.29) is 22.5 Å². The molecule has 0 spiro atoms. The highest BCUT2D eigenvalue weighted by molar-refractivity contribution is 7.89. The van der Waals surface area contributed by atoms with Gasteiger partial charge in [-0.05, 0) is 63.8 Å². The van der Waals surface area contributed by atoms with Gasteiger partial charge < -0.3 is 5.32 Å². The van der Waals surface area contributed by atoms with Gasteiger partial charge in [0.25, 0.3) is 0 Å². The molecule has 7 nitrogen and oxygen atoms in total. The molecule has 0 bridgehead atoms. The number of rotatable bonds is 5. The second kappa shape index (κ2) is 7.53. The molecule has 29 heavy (non-hydrogen) atoms. The first-order chi connectivity index (χ1) is 13.8. The van der Waals surface area contributed by atoms with Gasteiger partial charge in [0.05, 0.1) is 17.1 Å². The van der Waals surface area contributed by atoms with Crippen molar-refractivity contribution in [2.24, 2.45) is 5.92 Å². The van der Waals surface area contributed by atoms with Crippen molar-refractivity contribution < 1.29 is 17.6 Å². The van der Waals surface area contributed by atoms with Crippen molar-refractivity contribution in [3.8, 4) is 5.69 Å². The fourth-order valence-corrected chi connectivity index (χ4v) is 5.69. The van der Waals surface area contributed by atoms with E-state index >= 15 is 0 Å². The maximum Gasteiger partial charge on any atom is 0.246 e. The maximum absolute atomic E-state index is 13.3. The van der Waals surface area contributed by atoms with E-state index in [1.54, 1.807) is 26.0 Å². The Morgan fingerprint density at radius 3 is 2.31 bits per heavy atom. The van der Waals surface area contributed by atoms with E-state index in [0.29, 0.717) is 49.0 Å². The van der Waals surface area contributed by atoms with Gasteiger partial charge >= 0.3 is 0 Å². The molecule has 1 aromatic carbocycles. The molecule has 156 valence electrons. The first-order valence-corrected chi connectivity index (χ1v) is 11.3. The van der Waals surface area contributed by atoms with Gasteiger partial charge in [0.2, 0.25) is 15.9 Å². The highest BCUT2D eigenvalue weighted by atomic mass is 32.2. The van der Waals surface area contributed by atoms with Crippen LogP contribution in [0.1, 0.15) is 37.1 Å². The minimum Gasteiger partial charge on any atom is -0.353 e. The minimum absolute atomic E-state index is 0.0426. The number of halogens is 1. The predicted molar refractivity (Wildman–Crippen MR) is 106 cm³/mol. The molecular weight excluding hydrogens is 395 g/mol. The van der Waals surface area contributed by atoms with E-state index in [9.17, 15) is 17.6 Å². The van der Waals surface area contributed by atoms with E-state index in [2.05, 4.69) is 10.4 Å². The van der Waals surface area contributed by atoms with Crippen molar-refractivity contribution in [2.75, 3.05) is 13.1 Å². The van der Waals surface area contributed by atoms with Crippen LogP contribution >= 0.6 is 0 Å². The molecule has 1 saturated heterocycles. The average Bonchev–Trinajstić information content (AvgIpc) is 3.45. The largest absolute Gasteiger partial charge is 0.353 e. The van der Waals surface area contributed by atoms with Gasteiger partial charge in [-0.3, -0.25) is 4.79 Å². The molecule has 1 saturated carbocycles. The first-order valence-electron chi connectivity index (χ1n) is 9.90. The molecule has 1 aliphatic heterocycles. The zero-order chi connectivity index (χ0) is 20.8. The third-order valence-electron chi connectivity index (χ3n) is 5.64. The second-order valence-electron chi connectivity index (χ2n) is 7.85. The van der Waals surface area contributed by atoms with Crippen LogP contribution in [-0.4, -0.2) is 47.5 Å². The number of sulfonamides is 1. The Morgan fingerprint density at radius 2 is 1.72 bits per heavy atom. The Morgan fingerprint density at radius 1 is 1.10 bits per heavy atom. The molecule has 1 aliphatic carbocycles. The van der Waals surface area contributed by atoms with Crippen LogP contribution < -0.4 is 5.32 Å². The van der Waals surface area contributed by atoms with Gasteiger partial charge in [-0.25, -0.2) is 17.5 Å². The van der Waals surface area contributed by atoms with E-state index in [1.807, 2.05) is 0 Å². The highest BCUT2D eigenvalue weighted by Crippen LogP contribution is 2.29. The standard InChI is InChI=1S/C20H25FN4O3S/c1-13-19(14(2)25(23-13)18-7-3-16(21)4-8-18)29(27,28)24-11-9-15(10-12-24)20(26)22-17-5-6-17/h3-4,7-8,15,17H,5-6,9-12H2,1-2H3,(H,22,26). The van der Waals surface area contributed by atoms with Crippen LogP contribution in [0.3, 0.4) is 0 Å². The Bertz CT molecular complexity index is 1020. The lowest BCUT2D eigenvalue weighted by Crippen LogP contribution is -2.43. The Labute approximate surface area is 169 Å². The van der Waals surface area contributed by atoms with Crippen LogP contribution in [0.5, 0.6) is 0 Å². The van der Waals surface area contributed by atoms with Gasteiger partial charge in [0.15, 0.2) is 0 Å². The summed E-state index contributed by atoms with van der Waals surface area (Å²) in [6, 6.07) is 6.07. The number of carbonyl (C=O) groups is 1. The van der Waals surface area contributed by atoms with E-state index in [4.69, 9.17) is 0 Å². The predicted octanol–water partition coefficient (Wildman–Crippen LogP) is 2.31. The van der Waals surface area contributed by atoms with Gasteiger partial charge in [-0.1, -0.05) is 0 Å². The third kappa shape index (κ3) is 3.93. The summed E-state index contributed by atoms with van der Waals surface area (Å²) in [6.45, 7) is 3.99. The lowest BCUT2D eigenvalue weighted by atomic mass is 9.97. The fourth-order valence-electron chi connectivity index (χ4n) is 3.87. The fraction of sp³-hybridized carbons (Fsp3) is 0.500. The van der Waals surface area contributed by atoms with Gasteiger partial charge in [0.1, 0.15) is 10.7 Å². The van der Waals surface area contributed by atoms with Crippen LogP contribution in [-0.2, 0) is 14.8 Å². The van der Waals surface area contributed by atoms with Crippen molar-refractivity contribution in [1.82, 2.24) is 19.4 Å². The van der Waals surface area contributed by atoms with E-state index in [1.165, 1.54) is 21.1 Å². The molecule has 0 atom stereocenters. The number of nitrogens with one attached hydrogen (secondary N) is 1. The summed E-state index contributed by atoms with van der Waals surface area (Å²) >= 11 is 0. The van der Waals surface area contributed by atoms with Gasteiger partial charge in [-0.15, -0.1) is 0 Å². The monoisotopic (exact) mass is 420 g/mol. The van der Waals surface area contributed by atoms with Gasteiger partial charge in [-0.2, -0.15) is 9.40 Å². The summed E-state index contributed by atoms with van der Waals surface area (Å²) in [5, 5.41) is 7.38. The topological polar surface area (TPSA) is 84.3 Å². The molecule has 1 amide bonds. The number of carbonyl (C=O) groups excluding carboxylic acids is 1. The van der Waals surface area contributed by atoms with Crippen molar-refractivity contribution in [2.45, 2.75) is 50.5 Å². The number of piperidine rings is 1. The number of hydrogen-bond donors (Lipinski definition) is 1. The summed E-state index contributed by atoms with van der Waals surface area (Å²) in [5.74, 6) is -0.455. The first kappa shape index (κ1) is 20.0. The molecule has 0 unspecified atom stereocenters. The van der Waals surface area contributed by atoms with Crippen molar-refractivity contribution in [3.05, 3.63) is 41.5 Å². The Balaban J connectivity index is 1.53. The summed E-state index contributed by atoms with van der Waals surface area (Å²) in [7, 11) is -3.73. The van der Waals surface area contributed by atoms with Crippen LogP contribution in [0, 0.1) is 25.6 Å². The number of benzene rings is 1. The Hall–Kier alpha value is -2.26. The zero-order valence-corrected chi connectivity index (χ0v) is 17.4. The van der Waals surface area contributed by atoms with Crippen LogP contribution in [0.2, 0.25) is 0 Å².